The number of amides is 1. The summed E-state index contributed by atoms with van der Waals surface area (Å²) in [6.07, 6.45) is 5.51. The second kappa shape index (κ2) is 8.17. The van der Waals surface area contributed by atoms with Gasteiger partial charge in [0.05, 0.1) is 25.0 Å². The summed E-state index contributed by atoms with van der Waals surface area (Å²) in [6, 6.07) is 3.97. The van der Waals surface area contributed by atoms with Crippen molar-refractivity contribution in [1.82, 2.24) is 24.9 Å². The Morgan fingerprint density at radius 2 is 2.40 bits per heavy atom. The lowest BCUT2D eigenvalue weighted by Gasteiger charge is -2.36. The lowest BCUT2D eigenvalue weighted by Crippen LogP contribution is -2.48. The summed E-state index contributed by atoms with van der Waals surface area (Å²) < 4.78 is 5.03. The van der Waals surface area contributed by atoms with Crippen molar-refractivity contribution < 1.29 is 9.32 Å². The van der Waals surface area contributed by atoms with Crippen LogP contribution in [0.25, 0.3) is 0 Å². The summed E-state index contributed by atoms with van der Waals surface area (Å²) in [5.74, 6) is 1.28. The molecule has 0 spiro atoms. The fraction of sp³-hybridized carbons (Fsp3) is 0.529. The zero-order valence-electron chi connectivity index (χ0n) is 14.7. The highest BCUT2D eigenvalue weighted by molar-refractivity contribution is 5.92. The minimum absolute atomic E-state index is 0.0265. The predicted octanol–water partition coefficient (Wildman–Crippen LogP) is 1.31. The number of aryl methyl sites for hydroxylation is 1. The summed E-state index contributed by atoms with van der Waals surface area (Å²) in [4.78, 5) is 24.9. The molecule has 1 unspecified atom stereocenters. The number of pyridine rings is 1. The summed E-state index contributed by atoms with van der Waals surface area (Å²) in [5.41, 5.74) is 0.721. The molecule has 0 aromatic carbocycles. The Hall–Kier alpha value is -2.32. The standard InChI is InChI=1S/C17H24N6O2/c1-13-19-16(21-25-13)11-23-8-4-6-15(10-23)22(2)12-17(24)20-14-5-3-7-18-9-14/h3,5,7,9,15H,4,6,8,10-12H2,1-2H3,(H,20,24). The number of piperidine rings is 1. The highest BCUT2D eigenvalue weighted by atomic mass is 16.5. The van der Waals surface area contributed by atoms with Gasteiger partial charge in [-0.15, -0.1) is 0 Å². The van der Waals surface area contributed by atoms with E-state index >= 15 is 0 Å². The van der Waals surface area contributed by atoms with Crippen molar-refractivity contribution in [3.63, 3.8) is 0 Å². The molecule has 2 aromatic rings. The van der Waals surface area contributed by atoms with Crippen molar-refractivity contribution in [2.75, 3.05) is 32.0 Å². The Morgan fingerprint density at radius 1 is 1.52 bits per heavy atom. The maximum atomic E-state index is 12.2. The highest BCUT2D eigenvalue weighted by Gasteiger charge is 2.25. The Balaban J connectivity index is 1.49. The van der Waals surface area contributed by atoms with E-state index in [4.69, 9.17) is 4.52 Å². The molecule has 8 heteroatoms. The molecule has 1 amide bonds. The van der Waals surface area contributed by atoms with E-state index in [1.54, 1.807) is 25.4 Å². The van der Waals surface area contributed by atoms with Gasteiger partial charge in [0.25, 0.3) is 0 Å². The Morgan fingerprint density at radius 3 is 3.12 bits per heavy atom. The number of rotatable bonds is 6. The summed E-state index contributed by atoms with van der Waals surface area (Å²) in [5, 5.41) is 6.84. The average Bonchev–Trinajstić information content (AvgIpc) is 3.00. The van der Waals surface area contributed by atoms with E-state index in [1.165, 1.54) is 0 Å². The van der Waals surface area contributed by atoms with Crippen LogP contribution in [0.4, 0.5) is 5.69 Å². The first-order valence-electron chi connectivity index (χ1n) is 8.52. The number of carbonyl (C=O) groups is 1. The number of hydrogen-bond acceptors (Lipinski definition) is 7. The predicted molar refractivity (Wildman–Crippen MR) is 92.8 cm³/mol. The van der Waals surface area contributed by atoms with Crippen molar-refractivity contribution in [1.29, 1.82) is 0 Å². The molecule has 0 radical (unpaired) electrons. The van der Waals surface area contributed by atoms with Gasteiger partial charge >= 0.3 is 0 Å². The summed E-state index contributed by atoms with van der Waals surface area (Å²) in [6.45, 7) is 4.74. The Labute approximate surface area is 147 Å². The van der Waals surface area contributed by atoms with Gasteiger partial charge in [-0.1, -0.05) is 5.16 Å². The van der Waals surface area contributed by atoms with Crippen molar-refractivity contribution in [3.05, 3.63) is 36.2 Å². The van der Waals surface area contributed by atoms with Crippen LogP contribution in [-0.2, 0) is 11.3 Å². The highest BCUT2D eigenvalue weighted by Crippen LogP contribution is 2.16. The van der Waals surface area contributed by atoms with E-state index in [9.17, 15) is 4.79 Å². The summed E-state index contributed by atoms with van der Waals surface area (Å²) >= 11 is 0. The van der Waals surface area contributed by atoms with Gasteiger partial charge in [-0.05, 0) is 38.6 Å². The van der Waals surface area contributed by atoms with Crippen LogP contribution in [0.1, 0.15) is 24.6 Å². The van der Waals surface area contributed by atoms with Crippen LogP contribution in [0.2, 0.25) is 0 Å². The lowest BCUT2D eigenvalue weighted by atomic mass is 10.0. The van der Waals surface area contributed by atoms with Gasteiger partial charge < -0.3 is 9.84 Å². The molecule has 0 saturated carbocycles. The van der Waals surface area contributed by atoms with Gasteiger partial charge in [0.15, 0.2) is 5.82 Å². The molecule has 134 valence electrons. The zero-order valence-corrected chi connectivity index (χ0v) is 14.7. The van der Waals surface area contributed by atoms with Gasteiger partial charge in [0.2, 0.25) is 11.8 Å². The van der Waals surface area contributed by atoms with Crippen molar-refractivity contribution in [2.45, 2.75) is 32.4 Å². The molecule has 3 rings (SSSR count). The van der Waals surface area contributed by atoms with E-state index in [0.29, 0.717) is 25.0 Å². The van der Waals surface area contributed by atoms with E-state index in [0.717, 1.165) is 37.4 Å². The van der Waals surface area contributed by atoms with Crippen LogP contribution in [-0.4, -0.2) is 63.6 Å². The fourth-order valence-corrected chi connectivity index (χ4v) is 3.13. The SMILES string of the molecule is Cc1nc(CN2CCCC(N(C)CC(=O)Nc3cccnc3)C2)no1. The van der Waals surface area contributed by atoms with Crippen LogP contribution < -0.4 is 5.32 Å². The molecule has 1 N–H and O–H groups in total. The second-order valence-corrected chi connectivity index (χ2v) is 6.47. The van der Waals surface area contributed by atoms with Gasteiger partial charge in [-0.3, -0.25) is 19.6 Å². The van der Waals surface area contributed by atoms with Gasteiger partial charge in [-0.25, -0.2) is 0 Å². The third-order valence-corrected chi connectivity index (χ3v) is 4.38. The van der Waals surface area contributed by atoms with E-state index in [-0.39, 0.29) is 5.91 Å². The number of nitrogens with one attached hydrogen (secondary N) is 1. The Bertz CT molecular complexity index is 689. The molecule has 1 aliphatic rings. The molecule has 0 aliphatic carbocycles. The molecule has 8 nitrogen and oxygen atoms in total. The largest absolute Gasteiger partial charge is 0.340 e. The van der Waals surface area contributed by atoms with Crippen molar-refractivity contribution in [3.8, 4) is 0 Å². The molecular weight excluding hydrogens is 320 g/mol. The molecule has 0 bridgehead atoms. The number of hydrogen-bond donors (Lipinski definition) is 1. The molecule has 25 heavy (non-hydrogen) atoms. The number of anilines is 1. The number of aromatic nitrogens is 3. The normalized spacial score (nSPS) is 18.4. The van der Waals surface area contributed by atoms with Gasteiger partial charge in [0, 0.05) is 25.7 Å². The molecule has 1 aliphatic heterocycles. The molecule has 1 atom stereocenters. The Kier molecular flexibility index (Phi) is 5.72. The number of likely N-dealkylation sites (tertiary alicyclic amines) is 1. The van der Waals surface area contributed by atoms with Gasteiger partial charge in [-0.2, -0.15) is 4.98 Å². The van der Waals surface area contributed by atoms with E-state index in [2.05, 4.69) is 30.2 Å². The number of carbonyl (C=O) groups excluding carboxylic acids is 1. The smallest absolute Gasteiger partial charge is 0.238 e. The first-order chi connectivity index (χ1) is 12.1. The molecule has 1 saturated heterocycles. The molecule has 2 aromatic heterocycles. The molecule has 1 fully saturated rings. The molecular formula is C17H24N6O2. The monoisotopic (exact) mass is 344 g/mol. The topological polar surface area (TPSA) is 87.4 Å². The average molecular weight is 344 g/mol. The first kappa shape index (κ1) is 17.5. The number of likely N-dealkylation sites (N-methyl/N-ethyl adjacent to an activating group) is 1. The number of nitrogens with zero attached hydrogens (tertiary/aromatic N) is 5. The van der Waals surface area contributed by atoms with Gasteiger partial charge in [0.1, 0.15) is 0 Å². The van der Waals surface area contributed by atoms with Crippen LogP contribution in [0.3, 0.4) is 0 Å². The van der Waals surface area contributed by atoms with E-state index in [1.807, 2.05) is 13.1 Å². The maximum Gasteiger partial charge on any atom is 0.238 e. The summed E-state index contributed by atoms with van der Waals surface area (Å²) in [7, 11) is 2.00. The minimum Gasteiger partial charge on any atom is -0.340 e. The first-order valence-corrected chi connectivity index (χ1v) is 8.52. The zero-order chi connectivity index (χ0) is 17.6. The third-order valence-electron chi connectivity index (χ3n) is 4.38. The maximum absolute atomic E-state index is 12.2. The van der Waals surface area contributed by atoms with E-state index < -0.39 is 0 Å². The van der Waals surface area contributed by atoms with Crippen LogP contribution >= 0.6 is 0 Å². The molecule has 3 heterocycles. The fourth-order valence-electron chi connectivity index (χ4n) is 3.13. The van der Waals surface area contributed by atoms with Crippen LogP contribution in [0.5, 0.6) is 0 Å². The van der Waals surface area contributed by atoms with Crippen molar-refractivity contribution >= 4 is 11.6 Å². The van der Waals surface area contributed by atoms with Crippen LogP contribution in [0.15, 0.2) is 29.0 Å². The quantitative estimate of drug-likeness (QED) is 0.845. The van der Waals surface area contributed by atoms with Crippen molar-refractivity contribution in [2.24, 2.45) is 0 Å². The van der Waals surface area contributed by atoms with Crippen LogP contribution in [0, 0.1) is 6.92 Å². The third kappa shape index (κ3) is 5.07. The lowest BCUT2D eigenvalue weighted by molar-refractivity contribution is -0.117. The minimum atomic E-state index is -0.0265. The second-order valence-electron chi connectivity index (χ2n) is 6.47.